The molecule has 0 atom stereocenters. The maximum atomic E-state index is 6.12. The van der Waals surface area contributed by atoms with E-state index in [1.165, 1.54) is 43.8 Å². The summed E-state index contributed by atoms with van der Waals surface area (Å²) < 4.78 is 6.12. The molecular weight excluding hydrogens is 631 g/mol. The fraction of sp³-hybridized carbons (Fsp3) is 0. The second-order valence-corrected chi connectivity index (χ2v) is 13.3. The van der Waals surface area contributed by atoms with Gasteiger partial charge >= 0.3 is 0 Å². The summed E-state index contributed by atoms with van der Waals surface area (Å²) in [5, 5.41) is 7.23. The lowest BCUT2D eigenvalue weighted by atomic mass is 9.93. The van der Waals surface area contributed by atoms with Crippen LogP contribution in [0.3, 0.4) is 0 Å². The average molecular weight is 664 g/mol. The van der Waals surface area contributed by atoms with Crippen molar-refractivity contribution >= 4 is 60.5 Å². The van der Waals surface area contributed by atoms with Gasteiger partial charge in [-0.05, 0) is 110 Å². The molecule has 0 aliphatic carbocycles. The van der Waals surface area contributed by atoms with Gasteiger partial charge in [0.2, 0.25) is 0 Å². The fourth-order valence-electron chi connectivity index (χ4n) is 7.68. The van der Waals surface area contributed by atoms with Crippen LogP contribution in [0.2, 0.25) is 0 Å². The van der Waals surface area contributed by atoms with E-state index in [1.807, 2.05) is 12.1 Å². The molecule has 52 heavy (non-hydrogen) atoms. The smallest absolute Gasteiger partial charge is 0.135 e. The number of hydrogen-bond donors (Lipinski definition) is 0. The molecule has 0 aliphatic rings. The van der Waals surface area contributed by atoms with Crippen molar-refractivity contribution < 1.29 is 4.42 Å². The largest absolute Gasteiger partial charge is 0.456 e. The quantitative estimate of drug-likeness (QED) is 0.165. The van der Waals surface area contributed by atoms with Gasteiger partial charge in [0.05, 0.1) is 0 Å². The molecule has 1 aromatic heterocycles. The first-order chi connectivity index (χ1) is 25.8. The summed E-state index contributed by atoms with van der Waals surface area (Å²) >= 11 is 0. The molecule has 2 heteroatoms. The summed E-state index contributed by atoms with van der Waals surface area (Å²) in [5.41, 5.74) is 12.2. The number of nitrogens with zero attached hydrogens (tertiary/aromatic N) is 1. The highest BCUT2D eigenvalue weighted by Crippen LogP contribution is 2.43. The molecule has 0 saturated heterocycles. The van der Waals surface area contributed by atoms with Gasteiger partial charge in [0.1, 0.15) is 11.2 Å². The van der Waals surface area contributed by atoms with Gasteiger partial charge in [-0.2, -0.15) is 0 Å². The molecule has 0 spiro atoms. The fourth-order valence-corrected chi connectivity index (χ4v) is 7.68. The van der Waals surface area contributed by atoms with Gasteiger partial charge < -0.3 is 9.32 Å². The Kier molecular flexibility index (Phi) is 7.18. The molecule has 244 valence electrons. The van der Waals surface area contributed by atoms with E-state index in [2.05, 4.69) is 193 Å². The highest BCUT2D eigenvalue weighted by Gasteiger charge is 2.18. The molecule has 0 radical (unpaired) electrons. The summed E-state index contributed by atoms with van der Waals surface area (Å²) in [5.74, 6) is 0. The summed E-state index contributed by atoms with van der Waals surface area (Å²) in [4.78, 5) is 2.39. The number of fused-ring (bicyclic) bond motifs is 6. The Balaban J connectivity index is 1.15. The van der Waals surface area contributed by atoms with Gasteiger partial charge in [-0.1, -0.05) is 146 Å². The second kappa shape index (κ2) is 12.5. The molecular formula is C50H33NO. The third-order valence-electron chi connectivity index (χ3n) is 10.3. The lowest BCUT2D eigenvalue weighted by molar-refractivity contribution is 0.669. The number of para-hydroxylation sites is 1. The minimum Gasteiger partial charge on any atom is -0.456 e. The van der Waals surface area contributed by atoms with E-state index in [-0.39, 0.29) is 0 Å². The minimum absolute atomic E-state index is 0.907. The van der Waals surface area contributed by atoms with Crippen LogP contribution in [0, 0.1) is 0 Å². The Labute approximate surface area is 302 Å². The Morgan fingerprint density at radius 3 is 1.63 bits per heavy atom. The molecule has 2 nitrogen and oxygen atoms in total. The molecule has 10 aromatic rings. The zero-order chi connectivity index (χ0) is 34.4. The van der Waals surface area contributed by atoms with Crippen LogP contribution in [0.5, 0.6) is 0 Å². The Morgan fingerprint density at radius 2 is 0.846 bits per heavy atom. The lowest BCUT2D eigenvalue weighted by Gasteiger charge is -2.27. The summed E-state index contributed by atoms with van der Waals surface area (Å²) in [6, 6.07) is 71.9. The number of furan rings is 1. The van der Waals surface area contributed by atoms with Crippen molar-refractivity contribution in [3.05, 3.63) is 200 Å². The van der Waals surface area contributed by atoms with Crippen molar-refractivity contribution in [1.29, 1.82) is 0 Å². The van der Waals surface area contributed by atoms with E-state index in [4.69, 9.17) is 4.42 Å². The third kappa shape index (κ3) is 5.21. The predicted octanol–water partition coefficient (Wildman–Crippen LogP) is 14.4. The standard InChI is InChI=1S/C50H33NO/c1-3-11-35(12-4-1)44-29-28-42(33-46(44)36-13-5-2-6-14-36)51(41-27-23-38-20-19-37-15-7-8-16-43(37)47(38)32-41)40-25-21-34(22-26-40)39-24-30-50-48(31-39)45-17-9-10-18-49(45)52-50/h1-33H. The summed E-state index contributed by atoms with van der Waals surface area (Å²) in [6.45, 7) is 0. The molecule has 0 unspecified atom stereocenters. The van der Waals surface area contributed by atoms with Crippen LogP contribution >= 0.6 is 0 Å². The van der Waals surface area contributed by atoms with Crippen molar-refractivity contribution in [3.8, 4) is 33.4 Å². The molecule has 0 N–H and O–H groups in total. The minimum atomic E-state index is 0.907. The van der Waals surface area contributed by atoms with Crippen molar-refractivity contribution in [2.24, 2.45) is 0 Å². The first-order valence-electron chi connectivity index (χ1n) is 17.8. The van der Waals surface area contributed by atoms with Crippen molar-refractivity contribution in [2.75, 3.05) is 4.90 Å². The molecule has 1 heterocycles. The van der Waals surface area contributed by atoms with E-state index < -0.39 is 0 Å². The van der Waals surface area contributed by atoms with E-state index in [1.54, 1.807) is 0 Å². The Morgan fingerprint density at radius 1 is 0.288 bits per heavy atom. The lowest BCUT2D eigenvalue weighted by Crippen LogP contribution is -2.10. The second-order valence-electron chi connectivity index (χ2n) is 13.3. The zero-order valence-corrected chi connectivity index (χ0v) is 28.4. The average Bonchev–Trinajstić information content (AvgIpc) is 3.60. The van der Waals surface area contributed by atoms with E-state index in [9.17, 15) is 0 Å². The Bertz CT molecular complexity index is 2890. The molecule has 0 bridgehead atoms. The van der Waals surface area contributed by atoms with E-state index >= 15 is 0 Å². The molecule has 0 saturated carbocycles. The predicted molar refractivity (Wildman–Crippen MR) is 220 cm³/mol. The Hall–Kier alpha value is -6.90. The van der Waals surface area contributed by atoms with Crippen molar-refractivity contribution in [1.82, 2.24) is 0 Å². The maximum Gasteiger partial charge on any atom is 0.135 e. The van der Waals surface area contributed by atoms with Crippen LogP contribution in [-0.4, -0.2) is 0 Å². The number of rotatable bonds is 6. The normalized spacial score (nSPS) is 11.5. The SMILES string of the molecule is c1ccc(-c2ccc(N(c3ccc(-c4ccc5oc6ccccc6c5c4)cc3)c3ccc4ccc5ccccc5c4c3)cc2-c2ccccc2)cc1. The highest BCUT2D eigenvalue weighted by atomic mass is 16.3. The van der Waals surface area contributed by atoms with Gasteiger partial charge in [-0.25, -0.2) is 0 Å². The maximum absolute atomic E-state index is 6.12. The van der Waals surface area contributed by atoms with Crippen LogP contribution in [0.25, 0.3) is 76.9 Å². The van der Waals surface area contributed by atoms with E-state index in [0.29, 0.717) is 0 Å². The number of hydrogen-bond acceptors (Lipinski definition) is 2. The molecule has 10 rings (SSSR count). The van der Waals surface area contributed by atoms with Gasteiger partial charge in [0.15, 0.2) is 0 Å². The van der Waals surface area contributed by atoms with Gasteiger partial charge in [-0.15, -0.1) is 0 Å². The molecule has 0 aliphatic heterocycles. The topological polar surface area (TPSA) is 16.4 Å². The van der Waals surface area contributed by atoms with Gasteiger partial charge in [-0.3, -0.25) is 0 Å². The number of anilines is 3. The number of benzene rings is 9. The van der Waals surface area contributed by atoms with Gasteiger partial charge in [0, 0.05) is 27.8 Å². The summed E-state index contributed by atoms with van der Waals surface area (Å²) in [6.07, 6.45) is 0. The third-order valence-corrected chi connectivity index (χ3v) is 10.3. The van der Waals surface area contributed by atoms with Crippen LogP contribution in [0.15, 0.2) is 205 Å². The monoisotopic (exact) mass is 663 g/mol. The first kappa shape index (κ1) is 30.0. The zero-order valence-electron chi connectivity index (χ0n) is 28.4. The first-order valence-corrected chi connectivity index (χ1v) is 17.8. The molecule has 9 aromatic carbocycles. The molecule has 0 amide bonds. The highest BCUT2D eigenvalue weighted by molar-refractivity contribution is 6.09. The molecule has 0 fully saturated rings. The van der Waals surface area contributed by atoms with E-state index in [0.717, 1.165) is 50.1 Å². The van der Waals surface area contributed by atoms with Crippen LogP contribution in [0.1, 0.15) is 0 Å². The van der Waals surface area contributed by atoms with Crippen molar-refractivity contribution in [2.45, 2.75) is 0 Å². The van der Waals surface area contributed by atoms with Crippen LogP contribution in [0.4, 0.5) is 17.1 Å². The van der Waals surface area contributed by atoms with Crippen LogP contribution in [-0.2, 0) is 0 Å². The van der Waals surface area contributed by atoms with Crippen LogP contribution < -0.4 is 4.90 Å². The van der Waals surface area contributed by atoms with Crippen molar-refractivity contribution in [3.63, 3.8) is 0 Å². The van der Waals surface area contributed by atoms with Gasteiger partial charge in [0.25, 0.3) is 0 Å². The summed E-state index contributed by atoms with van der Waals surface area (Å²) in [7, 11) is 0.